The van der Waals surface area contributed by atoms with Crippen molar-refractivity contribution in [2.45, 2.75) is 0 Å². The second-order valence-corrected chi connectivity index (χ2v) is 5.40. The van der Waals surface area contributed by atoms with Crippen molar-refractivity contribution in [3.63, 3.8) is 0 Å². The van der Waals surface area contributed by atoms with Crippen molar-refractivity contribution in [3.05, 3.63) is 50.5 Å². The van der Waals surface area contributed by atoms with Crippen molar-refractivity contribution in [2.24, 2.45) is 0 Å². The van der Waals surface area contributed by atoms with Gasteiger partial charge in [0.15, 0.2) is 0 Å². The van der Waals surface area contributed by atoms with Crippen LogP contribution >= 0.6 is 39.1 Å². The predicted molar refractivity (Wildman–Crippen MR) is 80.8 cm³/mol. The van der Waals surface area contributed by atoms with Crippen molar-refractivity contribution in [1.29, 1.82) is 0 Å². The highest BCUT2D eigenvalue weighted by Gasteiger charge is 2.11. The van der Waals surface area contributed by atoms with Gasteiger partial charge in [-0.3, -0.25) is 4.79 Å². The summed E-state index contributed by atoms with van der Waals surface area (Å²) >= 11 is 15.1. The quantitative estimate of drug-likeness (QED) is 0.850. The largest absolute Gasteiger partial charge is 0.382 e. The van der Waals surface area contributed by atoms with E-state index in [9.17, 15) is 4.79 Å². The number of nitrogens with one attached hydrogen (secondary N) is 1. The molecule has 0 aliphatic heterocycles. The van der Waals surface area contributed by atoms with Crippen LogP contribution < -0.4 is 11.1 Å². The first kappa shape index (κ1) is 14.1. The molecular formula is C12H8BrCl2N3O. The molecule has 19 heavy (non-hydrogen) atoms. The normalized spacial score (nSPS) is 10.3. The molecular weight excluding hydrogens is 353 g/mol. The minimum Gasteiger partial charge on any atom is -0.382 e. The Morgan fingerprint density at radius 1 is 1.26 bits per heavy atom. The Balaban J connectivity index is 2.25. The minimum atomic E-state index is -0.366. The van der Waals surface area contributed by atoms with Crippen LogP contribution in [0, 0.1) is 0 Å². The minimum absolute atomic E-state index is 0.179. The maximum atomic E-state index is 12.0. The average Bonchev–Trinajstić information content (AvgIpc) is 2.37. The summed E-state index contributed by atoms with van der Waals surface area (Å²) in [5, 5.41) is 3.34. The number of aromatic nitrogens is 1. The monoisotopic (exact) mass is 359 g/mol. The molecule has 0 saturated carbocycles. The van der Waals surface area contributed by atoms with Gasteiger partial charge in [0.25, 0.3) is 5.91 Å². The van der Waals surface area contributed by atoms with Gasteiger partial charge in [0.05, 0.1) is 21.3 Å². The van der Waals surface area contributed by atoms with Crippen molar-refractivity contribution in [3.8, 4) is 0 Å². The molecule has 0 unspecified atom stereocenters. The van der Waals surface area contributed by atoms with Gasteiger partial charge in [0.1, 0.15) is 5.82 Å². The predicted octanol–water partition coefficient (Wildman–Crippen LogP) is 3.99. The molecule has 0 aliphatic rings. The molecule has 1 aromatic heterocycles. The van der Waals surface area contributed by atoms with Crippen LogP contribution in [0.4, 0.5) is 11.5 Å². The van der Waals surface area contributed by atoms with E-state index in [-0.39, 0.29) is 16.7 Å². The standard InChI is InChI=1S/C12H8BrCl2N3O/c13-7-1-2-8(14)10(4-7)18-12(19)6-3-9(15)11(16)17-5-6/h1-5H,(H2,16,17)(H,18,19). The van der Waals surface area contributed by atoms with Gasteiger partial charge in [0.2, 0.25) is 0 Å². The summed E-state index contributed by atoms with van der Waals surface area (Å²) in [6.07, 6.45) is 1.35. The highest BCUT2D eigenvalue weighted by atomic mass is 79.9. The first-order valence-corrected chi connectivity index (χ1v) is 6.69. The molecule has 0 aliphatic carbocycles. The maximum Gasteiger partial charge on any atom is 0.257 e. The molecule has 0 fully saturated rings. The van der Waals surface area contributed by atoms with Crippen LogP contribution in [-0.2, 0) is 0 Å². The summed E-state index contributed by atoms with van der Waals surface area (Å²) in [6.45, 7) is 0. The van der Waals surface area contributed by atoms with Crippen LogP contribution in [0.15, 0.2) is 34.9 Å². The fraction of sp³-hybridized carbons (Fsp3) is 0. The number of hydrogen-bond acceptors (Lipinski definition) is 3. The number of carbonyl (C=O) groups is 1. The Labute approximate surface area is 128 Å². The van der Waals surface area contributed by atoms with E-state index >= 15 is 0 Å². The molecule has 0 saturated heterocycles. The second-order valence-electron chi connectivity index (χ2n) is 3.67. The van der Waals surface area contributed by atoms with Gasteiger partial charge in [-0.15, -0.1) is 0 Å². The van der Waals surface area contributed by atoms with Crippen LogP contribution in [-0.4, -0.2) is 10.9 Å². The lowest BCUT2D eigenvalue weighted by molar-refractivity contribution is 0.102. The number of nitrogen functional groups attached to an aromatic ring is 1. The number of anilines is 2. The fourth-order valence-electron chi connectivity index (χ4n) is 1.36. The van der Waals surface area contributed by atoms with Crippen LogP contribution in [0.2, 0.25) is 10.0 Å². The Bertz CT molecular complexity index is 649. The number of nitrogens with two attached hydrogens (primary N) is 1. The number of pyridine rings is 1. The van der Waals surface area contributed by atoms with Gasteiger partial charge >= 0.3 is 0 Å². The molecule has 0 radical (unpaired) electrons. The first-order chi connectivity index (χ1) is 8.97. The van der Waals surface area contributed by atoms with E-state index in [0.717, 1.165) is 4.47 Å². The van der Waals surface area contributed by atoms with Crippen LogP contribution in [0.5, 0.6) is 0 Å². The van der Waals surface area contributed by atoms with Crippen LogP contribution in [0.25, 0.3) is 0 Å². The van der Waals surface area contributed by atoms with E-state index in [1.54, 1.807) is 18.2 Å². The number of hydrogen-bond donors (Lipinski definition) is 2. The highest BCUT2D eigenvalue weighted by Crippen LogP contribution is 2.26. The third-order valence-corrected chi connectivity index (χ3v) is 3.43. The molecule has 4 nitrogen and oxygen atoms in total. The lowest BCUT2D eigenvalue weighted by Gasteiger charge is -2.08. The molecule has 1 aromatic carbocycles. The molecule has 0 bridgehead atoms. The molecule has 0 atom stereocenters. The van der Waals surface area contributed by atoms with Gasteiger partial charge < -0.3 is 11.1 Å². The Hall–Kier alpha value is -1.30. The van der Waals surface area contributed by atoms with Crippen LogP contribution in [0.3, 0.4) is 0 Å². The Kier molecular flexibility index (Phi) is 4.29. The van der Waals surface area contributed by atoms with Gasteiger partial charge in [0, 0.05) is 10.7 Å². The first-order valence-electron chi connectivity index (χ1n) is 5.15. The van der Waals surface area contributed by atoms with Gasteiger partial charge in [-0.05, 0) is 24.3 Å². The van der Waals surface area contributed by atoms with E-state index < -0.39 is 0 Å². The summed E-state index contributed by atoms with van der Waals surface area (Å²) < 4.78 is 0.806. The summed E-state index contributed by atoms with van der Waals surface area (Å²) in [7, 11) is 0. The van der Waals surface area contributed by atoms with Gasteiger partial charge in [-0.1, -0.05) is 39.1 Å². The van der Waals surface area contributed by atoms with Crippen molar-refractivity contribution in [2.75, 3.05) is 11.1 Å². The molecule has 2 aromatic rings. The number of rotatable bonds is 2. The van der Waals surface area contributed by atoms with Gasteiger partial charge in [-0.25, -0.2) is 4.98 Å². The fourth-order valence-corrected chi connectivity index (χ4v) is 2.05. The molecule has 1 amide bonds. The average molecular weight is 361 g/mol. The Morgan fingerprint density at radius 2 is 2.00 bits per heavy atom. The highest BCUT2D eigenvalue weighted by molar-refractivity contribution is 9.10. The number of amides is 1. The molecule has 2 rings (SSSR count). The van der Waals surface area contributed by atoms with Crippen molar-refractivity contribution in [1.82, 2.24) is 4.98 Å². The number of benzene rings is 1. The smallest absolute Gasteiger partial charge is 0.257 e. The number of carbonyl (C=O) groups excluding carboxylic acids is 1. The third-order valence-electron chi connectivity index (χ3n) is 2.31. The topological polar surface area (TPSA) is 68.0 Å². The third kappa shape index (κ3) is 3.37. The van der Waals surface area contributed by atoms with Crippen LogP contribution in [0.1, 0.15) is 10.4 Å². The lowest BCUT2D eigenvalue weighted by atomic mass is 10.2. The number of nitrogens with zero attached hydrogens (tertiary/aromatic N) is 1. The Morgan fingerprint density at radius 3 is 2.68 bits per heavy atom. The SMILES string of the molecule is Nc1ncc(C(=O)Nc2cc(Br)ccc2Cl)cc1Cl. The summed E-state index contributed by atoms with van der Waals surface area (Å²) in [5.41, 5.74) is 6.28. The van der Waals surface area contributed by atoms with E-state index in [4.69, 9.17) is 28.9 Å². The van der Waals surface area contributed by atoms with E-state index in [2.05, 4.69) is 26.2 Å². The summed E-state index contributed by atoms with van der Waals surface area (Å²) in [4.78, 5) is 15.8. The zero-order valence-corrected chi connectivity index (χ0v) is 12.6. The second kappa shape index (κ2) is 5.77. The van der Waals surface area contributed by atoms with Gasteiger partial charge in [-0.2, -0.15) is 0 Å². The zero-order chi connectivity index (χ0) is 14.0. The number of halogens is 3. The molecule has 7 heteroatoms. The zero-order valence-electron chi connectivity index (χ0n) is 9.45. The van der Waals surface area contributed by atoms with E-state index in [1.807, 2.05) is 0 Å². The molecule has 1 heterocycles. The summed E-state index contributed by atoms with van der Waals surface area (Å²) in [6, 6.07) is 6.60. The maximum absolute atomic E-state index is 12.0. The van der Waals surface area contributed by atoms with Crippen molar-refractivity contribution < 1.29 is 4.79 Å². The molecule has 98 valence electrons. The van der Waals surface area contributed by atoms with Crippen molar-refractivity contribution >= 4 is 56.5 Å². The molecule has 0 spiro atoms. The van der Waals surface area contributed by atoms with E-state index in [1.165, 1.54) is 12.3 Å². The summed E-state index contributed by atoms with van der Waals surface area (Å²) in [5.74, 6) is -0.187. The lowest BCUT2D eigenvalue weighted by Crippen LogP contribution is -2.13. The molecule has 3 N–H and O–H groups in total. The van der Waals surface area contributed by atoms with E-state index in [0.29, 0.717) is 16.3 Å².